The molecular formula is C29H36N4O. The van der Waals surface area contributed by atoms with Crippen molar-refractivity contribution in [3.63, 3.8) is 0 Å². The Kier molecular flexibility index (Phi) is 7.52. The van der Waals surface area contributed by atoms with Gasteiger partial charge < -0.3 is 9.69 Å². The van der Waals surface area contributed by atoms with Gasteiger partial charge in [-0.05, 0) is 62.2 Å². The predicted molar refractivity (Wildman–Crippen MR) is 139 cm³/mol. The average Bonchev–Trinajstić information content (AvgIpc) is 3.19. The van der Waals surface area contributed by atoms with Crippen LogP contribution in [0.1, 0.15) is 43.6 Å². The van der Waals surface area contributed by atoms with Crippen LogP contribution in [0.15, 0.2) is 66.9 Å². The number of pyridine rings is 1. The second kappa shape index (κ2) is 11.1. The fourth-order valence-electron chi connectivity index (χ4n) is 5.74. The number of fused-ring (bicyclic) bond motifs is 1. The number of aromatic nitrogens is 1. The van der Waals surface area contributed by atoms with Crippen LogP contribution in [0.2, 0.25) is 0 Å². The van der Waals surface area contributed by atoms with Gasteiger partial charge in [0.15, 0.2) is 0 Å². The molecule has 2 aliphatic heterocycles. The number of anilines is 1. The molecule has 2 saturated heterocycles. The summed E-state index contributed by atoms with van der Waals surface area (Å²) in [4.78, 5) is 24.6. The molecule has 5 rings (SSSR count). The first kappa shape index (κ1) is 23.0. The summed E-state index contributed by atoms with van der Waals surface area (Å²) in [6, 6.07) is 21.0. The van der Waals surface area contributed by atoms with E-state index in [2.05, 4.69) is 56.1 Å². The lowest BCUT2D eigenvalue weighted by atomic mass is 9.94. The third-order valence-corrected chi connectivity index (χ3v) is 7.62. The van der Waals surface area contributed by atoms with Gasteiger partial charge in [0.25, 0.3) is 0 Å². The van der Waals surface area contributed by atoms with Gasteiger partial charge in [-0.25, -0.2) is 0 Å². The molecule has 0 aliphatic carbocycles. The summed E-state index contributed by atoms with van der Waals surface area (Å²) < 4.78 is 0. The molecule has 0 bridgehead atoms. The monoisotopic (exact) mass is 456 g/mol. The zero-order valence-electron chi connectivity index (χ0n) is 20.1. The zero-order valence-corrected chi connectivity index (χ0v) is 20.1. The normalized spacial score (nSPS) is 20.1. The lowest BCUT2D eigenvalue weighted by Crippen LogP contribution is -2.56. The molecule has 3 aromatic rings. The van der Waals surface area contributed by atoms with Crippen LogP contribution in [0.25, 0.3) is 10.9 Å². The van der Waals surface area contributed by atoms with E-state index in [9.17, 15) is 4.79 Å². The number of carbonyl (C=O) groups excluding carboxylic acids is 1. The molecule has 3 heterocycles. The third-order valence-electron chi connectivity index (χ3n) is 7.62. The summed E-state index contributed by atoms with van der Waals surface area (Å²) in [6.07, 6.45) is 9.37. The standard InChI is InChI=1S/C29H36N4O/c34-23-25(24-10-4-3-5-11-24)22-29(32-16-6-1-2-7-17-32)33-20-18-31(19-21-33)28-14-8-13-27-26(28)12-9-15-30-27/h3-5,8-15,23,25,29H,1-2,6-7,16-22H2. The van der Waals surface area contributed by atoms with Crippen molar-refractivity contribution in [3.8, 4) is 0 Å². The molecule has 2 aliphatic rings. The lowest BCUT2D eigenvalue weighted by molar-refractivity contribution is -0.110. The van der Waals surface area contributed by atoms with Gasteiger partial charge in [0.2, 0.25) is 0 Å². The summed E-state index contributed by atoms with van der Waals surface area (Å²) in [6.45, 7) is 6.29. The maximum atomic E-state index is 12.2. The van der Waals surface area contributed by atoms with Gasteiger partial charge in [-0.2, -0.15) is 0 Å². The Balaban J connectivity index is 1.34. The van der Waals surface area contributed by atoms with E-state index >= 15 is 0 Å². The van der Waals surface area contributed by atoms with Crippen molar-refractivity contribution in [3.05, 3.63) is 72.4 Å². The SMILES string of the molecule is O=CC(CC(N1CCCCCC1)N1CCN(c2cccc3ncccc23)CC1)c1ccccc1. The minimum Gasteiger partial charge on any atom is -0.368 e. The number of piperazine rings is 1. The highest BCUT2D eigenvalue weighted by Gasteiger charge is 2.31. The van der Waals surface area contributed by atoms with Crippen molar-refractivity contribution in [2.45, 2.75) is 44.2 Å². The van der Waals surface area contributed by atoms with Crippen LogP contribution < -0.4 is 4.90 Å². The first-order chi connectivity index (χ1) is 16.8. The number of hydrogen-bond acceptors (Lipinski definition) is 5. The van der Waals surface area contributed by atoms with Crippen molar-refractivity contribution in [1.29, 1.82) is 0 Å². The Bertz CT molecular complexity index is 1050. The minimum absolute atomic E-state index is 0.0587. The largest absolute Gasteiger partial charge is 0.368 e. The molecule has 1 aromatic heterocycles. The number of likely N-dealkylation sites (tertiary alicyclic amines) is 1. The molecule has 0 amide bonds. The first-order valence-electron chi connectivity index (χ1n) is 12.9. The van der Waals surface area contributed by atoms with Crippen LogP contribution in [-0.2, 0) is 4.79 Å². The summed E-state index contributed by atoms with van der Waals surface area (Å²) in [7, 11) is 0. The zero-order chi connectivity index (χ0) is 23.2. The number of aldehydes is 1. The molecule has 0 spiro atoms. The summed E-state index contributed by atoms with van der Waals surface area (Å²) in [5.74, 6) is -0.0587. The van der Waals surface area contributed by atoms with Gasteiger partial charge in [0.05, 0.1) is 11.7 Å². The number of nitrogens with zero attached hydrogens (tertiary/aromatic N) is 4. The van der Waals surface area contributed by atoms with E-state index in [1.807, 2.05) is 30.5 Å². The predicted octanol–water partition coefficient (Wildman–Crippen LogP) is 4.93. The van der Waals surface area contributed by atoms with E-state index in [4.69, 9.17) is 0 Å². The van der Waals surface area contributed by atoms with Crippen molar-refractivity contribution >= 4 is 22.9 Å². The Hall–Kier alpha value is -2.76. The van der Waals surface area contributed by atoms with Crippen molar-refractivity contribution < 1.29 is 4.79 Å². The van der Waals surface area contributed by atoms with Gasteiger partial charge in [0.1, 0.15) is 6.29 Å². The highest BCUT2D eigenvalue weighted by atomic mass is 16.1. The van der Waals surface area contributed by atoms with Crippen molar-refractivity contribution in [1.82, 2.24) is 14.8 Å². The van der Waals surface area contributed by atoms with E-state index in [0.717, 1.165) is 56.8 Å². The number of carbonyl (C=O) groups is 1. The molecule has 2 fully saturated rings. The van der Waals surface area contributed by atoms with Gasteiger partial charge in [-0.15, -0.1) is 0 Å². The Labute approximate surface area is 203 Å². The van der Waals surface area contributed by atoms with Crippen LogP contribution >= 0.6 is 0 Å². The molecule has 5 nitrogen and oxygen atoms in total. The average molecular weight is 457 g/mol. The molecule has 2 aromatic carbocycles. The fraction of sp³-hybridized carbons (Fsp3) is 0.448. The molecule has 5 heteroatoms. The quantitative estimate of drug-likeness (QED) is 0.472. The molecule has 34 heavy (non-hydrogen) atoms. The lowest BCUT2D eigenvalue weighted by Gasteiger charge is -2.45. The highest BCUT2D eigenvalue weighted by Crippen LogP contribution is 2.29. The van der Waals surface area contributed by atoms with E-state index < -0.39 is 0 Å². The van der Waals surface area contributed by atoms with Crippen LogP contribution in [0.3, 0.4) is 0 Å². The van der Waals surface area contributed by atoms with Crippen LogP contribution in [0.5, 0.6) is 0 Å². The minimum atomic E-state index is -0.0587. The number of rotatable bonds is 7. The molecule has 0 radical (unpaired) electrons. The van der Waals surface area contributed by atoms with Crippen molar-refractivity contribution in [2.24, 2.45) is 0 Å². The second-order valence-electron chi connectivity index (χ2n) is 9.69. The smallest absolute Gasteiger partial charge is 0.127 e. The van der Waals surface area contributed by atoms with Crippen LogP contribution in [-0.4, -0.2) is 66.5 Å². The second-order valence-corrected chi connectivity index (χ2v) is 9.69. The number of hydrogen-bond donors (Lipinski definition) is 0. The van der Waals surface area contributed by atoms with Gasteiger partial charge in [-0.3, -0.25) is 14.8 Å². The van der Waals surface area contributed by atoms with Crippen LogP contribution in [0.4, 0.5) is 5.69 Å². The Morgan fingerprint density at radius 3 is 2.24 bits per heavy atom. The fourth-order valence-corrected chi connectivity index (χ4v) is 5.74. The van der Waals surface area contributed by atoms with Crippen molar-refractivity contribution in [2.75, 3.05) is 44.2 Å². The number of benzene rings is 2. The van der Waals surface area contributed by atoms with Gasteiger partial charge in [-0.1, -0.05) is 49.2 Å². The Morgan fingerprint density at radius 1 is 0.765 bits per heavy atom. The van der Waals surface area contributed by atoms with Gasteiger partial charge >= 0.3 is 0 Å². The molecule has 2 unspecified atom stereocenters. The maximum Gasteiger partial charge on any atom is 0.127 e. The highest BCUT2D eigenvalue weighted by molar-refractivity contribution is 5.91. The molecule has 178 valence electrons. The first-order valence-corrected chi connectivity index (χ1v) is 12.9. The summed E-state index contributed by atoms with van der Waals surface area (Å²) in [5.41, 5.74) is 3.48. The molecule has 2 atom stereocenters. The third kappa shape index (κ3) is 5.16. The molecule has 0 saturated carbocycles. The summed E-state index contributed by atoms with van der Waals surface area (Å²) in [5, 5.41) is 1.23. The van der Waals surface area contributed by atoms with E-state index in [0.29, 0.717) is 6.17 Å². The topological polar surface area (TPSA) is 39.7 Å². The van der Waals surface area contributed by atoms with E-state index in [-0.39, 0.29) is 5.92 Å². The molecule has 0 N–H and O–H groups in total. The van der Waals surface area contributed by atoms with E-state index in [1.165, 1.54) is 43.0 Å². The van der Waals surface area contributed by atoms with E-state index in [1.54, 1.807) is 0 Å². The van der Waals surface area contributed by atoms with Crippen LogP contribution in [0, 0.1) is 0 Å². The molecular weight excluding hydrogens is 420 g/mol. The maximum absolute atomic E-state index is 12.2. The Morgan fingerprint density at radius 2 is 1.50 bits per heavy atom. The van der Waals surface area contributed by atoms with Gasteiger partial charge in [0, 0.05) is 49.4 Å². The summed E-state index contributed by atoms with van der Waals surface area (Å²) >= 11 is 0.